The van der Waals surface area contributed by atoms with Crippen molar-refractivity contribution >= 4 is 43.5 Å². The molecule has 22 rings (SSSR count). The van der Waals surface area contributed by atoms with Crippen LogP contribution in [0.25, 0.3) is 0 Å². The number of benzene rings is 1. The fourth-order valence-corrected chi connectivity index (χ4v) is 8.56. The first-order valence-electron chi connectivity index (χ1n) is 41.8. The zero-order valence-electron chi connectivity index (χ0n) is 69.6. The molecule has 0 radical (unpaired) electrons. The van der Waals surface area contributed by atoms with Crippen molar-refractivity contribution in [3.05, 3.63) is 233 Å². The summed E-state index contributed by atoms with van der Waals surface area (Å²) in [5, 5.41) is 33.9. The minimum atomic E-state index is 0.417. The number of hydrogen-bond donors (Lipinski definition) is 0. The average Bonchev–Trinajstić information content (AvgIpc) is 3.85. The predicted octanol–water partition coefficient (Wildman–Crippen LogP) is 21.9. The minimum Gasteiger partial charge on any atom is -0.431 e. The summed E-state index contributed by atoms with van der Waals surface area (Å²) in [6.45, 7) is 12.1. The normalized spacial score (nSPS) is 17.0. The molecule has 0 bridgehead atoms. The van der Waals surface area contributed by atoms with Crippen molar-refractivity contribution in [1.82, 2.24) is 40.1 Å². The summed E-state index contributed by atoms with van der Waals surface area (Å²) in [5.41, 5.74) is 0. The molecule has 1 aromatic carbocycles. The molecule has 0 N–H and O–H groups in total. The van der Waals surface area contributed by atoms with Crippen LogP contribution in [-0.2, 0) is 23.7 Å². The highest BCUT2D eigenvalue weighted by atomic mass is 16.6. The van der Waals surface area contributed by atoms with E-state index < -0.39 is 0 Å². The van der Waals surface area contributed by atoms with E-state index in [9.17, 15) is 0 Å². The second-order valence-electron chi connectivity index (χ2n) is 25.2. The minimum absolute atomic E-state index is 0.417. The van der Waals surface area contributed by atoms with Crippen molar-refractivity contribution in [3.63, 3.8) is 0 Å². The summed E-state index contributed by atoms with van der Waals surface area (Å²) in [6, 6.07) is 25.2. The first-order chi connectivity index (χ1) is 58.5. The largest absolute Gasteiger partial charge is 0.431 e. The Labute approximate surface area is 699 Å². The van der Waals surface area contributed by atoms with Gasteiger partial charge >= 0.3 is 0 Å². The number of nitrogens with zero attached hydrogens (tertiary/aromatic N) is 21. The number of hydrogen-bond acceptors (Lipinski definition) is 27. The molecule has 4 aliphatic carbocycles. The van der Waals surface area contributed by atoms with Gasteiger partial charge in [0.25, 0.3) is 0 Å². The SMILES string of the molecule is C1=CCN=C1.C1=CCN=C1.C1=CN=CC1.C1=CN=CC1.C1=CN=CC1.C1=CN=NC1.C1=NN=CC1.C1CCC1.C1CCC1.C1CCCC1.C1CCCCC1.C1CCOC1.C1CCOCC1.C1CCOCC1.C1COCCO1.C1N=NN=N1.c1ccccc1.c1ccncc1.c1ccncc1.c1cnccn1.c1cncnc1.c1nnco1. The zero-order valence-corrected chi connectivity index (χ0v) is 69.6. The van der Waals surface area contributed by atoms with Gasteiger partial charge in [-0.2, -0.15) is 20.4 Å². The van der Waals surface area contributed by atoms with Crippen LogP contribution in [0.5, 0.6) is 0 Å². The van der Waals surface area contributed by atoms with E-state index in [0.29, 0.717) is 6.67 Å². The molecule has 0 amide bonds. The Kier molecular flexibility index (Phi) is 90.8. The Balaban J connectivity index is 0.000000613. The van der Waals surface area contributed by atoms with Crippen LogP contribution in [0.1, 0.15) is 199 Å². The van der Waals surface area contributed by atoms with E-state index in [1.54, 1.807) is 118 Å². The maximum atomic E-state index is 5.07. The summed E-state index contributed by atoms with van der Waals surface area (Å²) < 4.78 is 29.3. The highest BCUT2D eigenvalue weighted by Gasteiger charge is 1.99. The van der Waals surface area contributed by atoms with Gasteiger partial charge in [0, 0.05) is 196 Å². The monoisotopic (exact) mass is 1610 g/mol. The third-order valence-corrected chi connectivity index (χ3v) is 15.4. The van der Waals surface area contributed by atoms with E-state index in [1.807, 2.05) is 140 Å². The van der Waals surface area contributed by atoms with Crippen LogP contribution >= 0.6 is 0 Å². The Hall–Kier alpha value is -10.5. The van der Waals surface area contributed by atoms with Crippen molar-refractivity contribution in [1.29, 1.82) is 0 Å². The van der Waals surface area contributed by atoms with Crippen molar-refractivity contribution in [2.75, 3.05) is 92.4 Å². The molecule has 0 unspecified atom stereocenters. The summed E-state index contributed by atoms with van der Waals surface area (Å²) in [6.07, 6.45) is 99.6. The van der Waals surface area contributed by atoms with Crippen molar-refractivity contribution in [2.24, 2.45) is 66.1 Å². The lowest BCUT2D eigenvalue weighted by Crippen LogP contribution is -2.16. The van der Waals surface area contributed by atoms with Crippen molar-refractivity contribution < 1.29 is 28.1 Å². The summed E-state index contributed by atoms with van der Waals surface area (Å²) in [5.74, 6) is 0. The van der Waals surface area contributed by atoms with E-state index in [2.05, 4.69) is 111 Å². The first kappa shape index (κ1) is 105. The van der Waals surface area contributed by atoms with Crippen LogP contribution in [0.4, 0.5) is 0 Å². The van der Waals surface area contributed by atoms with E-state index in [0.717, 1.165) is 111 Å². The summed E-state index contributed by atoms with van der Waals surface area (Å²) in [7, 11) is 0. The molecule has 4 saturated heterocycles. The molecule has 8 fully saturated rings. The van der Waals surface area contributed by atoms with Crippen LogP contribution in [0.2, 0.25) is 0 Å². The maximum Gasteiger partial charge on any atom is 0.203 e. The Morgan fingerprint density at radius 3 is 0.675 bits per heavy atom. The highest BCUT2D eigenvalue weighted by Crippen LogP contribution is 2.17. The van der Waals surface area contributed by atoms with E-state index in [-0.39, 0.29) is 0 Å². The molecule has 0 atom stereocenters. The van der Waals surface area contributed by atoms with Crippen LogP contribution in [0.3, 0.4) is 0 Å². The topological polar surface area (TPSA) is 323 Å². The first-order valence-corrected chi connectivity index (χ1v) is 41.8. The number of azo groups is 1. The quantitative estimate of drug-likeness (QED) is 0.136. The van der Waals surface area contributed by atoms with Gasteiger partial charge in [0.15, 0.2) is 6.67 Å². The fourth-order valence-electron chi connectivity index (χ4n) is 8.56. The van der Waals surface area contributed by atoms with E-state index >= 15 is 0 Å². The van der Waals surface area contributed by atoms with Crippen LogP contribution in [0, 0.1) is 0 Å². The Morgan fingerprint density at radius 2 is 0.556 bits per heavy atom. The van der Waals surface area contributed by atoms with Gasteiger partial charge in [-0.3, -0.25) is 44.9 Å². The second kappa shape index (κ2) is 102. The lowest BCUT2D eigenvalue weighted by molar-refractivity contribution is -0.0334. The molecule has 27 nitrogen and oxygen atoms in total. The summed E-state index contributed by atoms with van der Waals surface area (Å²) in [4.78, 5) is 41.4. The Morgan fingerprint density at radius 1 is 0.239 bits per heavy atom. The molecule has 12 aliphatic heterocycles. The number of ether oxygens (including phenoxy) is 5. The predicted molar refractivity (Wildman–Crippen MR) is 479 cm³/mol. The molecule has 6 aromatic rings. The lowest BCUT2D eigenvalue weighted by atomic mass is 10.0. The van der Waals surface area contributed by atoms with Gasteiger partial charge in [0.05, 0.1) is 46.1 Å². The standard InChI is InChI=1S/C6H12.C6H6.2C5H5N.2C5H10O.C5H10.2C4H4N2.5C4H5N.C4H8O2.C4H8O.2C4H8.2C3H4N2.C2H2N2O.CH2N4/c6*1-2-4-6-5-3-1;1-2-4-5-3-1;1-2-6-4-3-5-1;1-2-5-4-6-3-1;5*1-2-4-5-3-1;1-2-6-4-3-5-1;1-2-4-5-3-1;2*1-2-4-3-1;2*1-2-4-5-3-1;1-3-4-2-5-1;1-2-4-5-3-1/h1-6H2;1-6H;2*1-5H;2*1-5H2;1-5H2;2*1-4H;3*1,3-4H,2H2;2*1-3H,4H2;1-4H2;1-4H2;2*1-4H2;2-3H,1H2;1-2H,3H2;1-2H;1H2. The van der Waals surface area contributed by atoms with Crippen LogP contribution in [-0.4, -0.2) is 176 Å². The molecule has 17 heterocycles. The molecule has 117 heavy (non-hydrogen) atoms. The van der Waals surface area contributed by atoms with Crippen molar-refractivity contribution in [3.8, 4) is 0 Å². The highest BCUT2D eigenvalue weighted by molar-refractivity contribution is 5.82. The molecule has 4 saturated carbocycles. The number of aromatic nitrogens is 8. The van der Waals surface area contributed by atoms with Gasteiger partial charge in [0.2, 0.25) is 12.8 Å². The molecule has 0 spiro atoms. The van der Waals surface area contributed by atoms with Crippen LogP contribution < -0.4 is 0 Å². The molecular formula is C90H135N21O6. The van der Waals surface area contributed by atoms with Gasteiger partial charge in [-0.1, -0.05) is 201 Å². The van der Waals surface area contributed by atoms with E-state index in [4.69, 9.17) is 23.7 Å². The second-order valence-corrected chi connectivity index (χ2v) is 25.2. The van der Waals surface area contributed by atoms with Gasteiger partial charge in [0.1, 0.15) is 6.33 Å². The van der Waals surface area contributed by atoms with Gasteiger partial charge in [-0.05, 0) is 110 Å². The lowest BCUT2D eigenvalue weighted by Gasteiger charge is -2.09. The molecule has 636 valence electrons. The molecule has 5 aromatic heterocycles. The number of rotatable bonds is 0. The molecule has 27 heteroatoms. The van der Waals surface area contributed by atoms with Crippen LogP contribution in [0.15, 0.2) is 304 Å². The molecule has 16 aliphatic rings. The summed E-state index contributed by atoms with van der Waals surface area (Å²) >= 11 is 0. The smallest absolute Gasteiger partial charge is 0.203 e. The van der Waals surface area contributed by atoms with Gasteiger partial charge in [-0.15, -0.1) is 20.4 Å². The van der Waals surface area contributed by atoms with Gasteiger partial charge in [-0.25, -0.2) is 9.97 Å². The van der Waals surface area contributed by atoms with Crippen molar-refractivity contribution in [2.45, 2.75) is 199 Å². The number of pyridine rings is 2. The fraction of sp³-hybridized carbons (Fsp3) is 0.500. The number of allylic oxidation sites excluding steroid dienone is 5. The Bertz CT molecular complexity index is 2500. The number of aliphatic imine (C=N–C) groups is 5. The maximum absolute atomic E-state index is 5.07. The third kappa shape index (κ3) is 99.7. The third-order valence-electron chi connectivity index (χ3n) is 15.4. The van der Waals surface area contributed by atoms with Gasteiger partial charge < -0.3 is 28.1 Å². The zero-order chi connectivity index (χ0) is 82.7. The average molecular weight is 1610 g/mol. The molecular weight excluding hydrogens is 1470 g/mol. The van der Waals surface area contributed by atoms with E-state index in [1.165, 1.54) is 192 Å².